The smallest absolute Gasteiger partial charge is 0.261 e. The van der Waals surface area contributed by atoms with Crippen LogP contribution in [-0.4, -0.2) is 20.9 Å². The van der Waals surface area contributed by atoms with Crippen molar-refractivity contribution < 1.29 is 13.2 Å². The third-order valence-corrected chi connectivity index (χ3v) is 5.11. The Kier molecular flexibility index (Phi) is 5.62. The molecular formula is C18H22N2O3S. The first-order valence-electron chi connectivity index (χ1n) is 7.88. The molecule has 2 rings (SSSR count). The number of benzene rings is 2. The van der Waals surface area contributed by atoms with Crippen molar-refractivity contribution in [3.63, 3.8) is 0 Å². The molecule has 0 aliphatic rings. The second kappa shape index (κ2) is 7.49. The third kappa shape index (κ3) is 3.94. The Morgan fingerprint density at radius 1 is 1.08 bits per heavy atom. The van der Waals surface area contributed by atoms with Crippen molar-refractivity contribution in [1.82, 2.24) is 5.32 Å². The van der Waals surface area contributed by atoms with Crippen LogP contribution >= 0.6 is 0 Å². The minimum absolute atomic E-state index is 0.0697. The number of hydrogen-bond donors (Lipinski definition) is 2. The van der Waals surface area contributed by atoms with Crippen molar-refractivity contribution in [2.75, 3.05) is 11.3 Å². The van der Waals surface area contributed by atoms with Crippen LogP contribution in [0.3, 0.4) is 0 Å². The van der Waals surface area contributed by atoms with E-state index in [9.17, 15) is 13.2 Å². The fourth-order valence-corrected chi connectivity index (χ4v) is 3.53. The standard InChI is InChI=1S/C18H22N2O3S/c1-4-14-8-6-7-9-17(14)20-24(22,23)15-11-10-13(3)16(12-15)18(21)19-5-2/h6-12,20H,4-5H2,1-3H3,(H,19,21). The molecule has 0 atom stereocenters. The van der Waals surface area contributed by atoms with Gasteiger partial charge in [0.2, 0.25) is 0 Å². The van der Waals surface area contributed by atoms with Crippen molar-refractivity contribution in [2.45, 2.75) is 32.1 Å². The van der Waals surface area contributed by atoms with Crippen LogP contribution in [0.4, 0.5) is 5.69 Å². The molecule has 6 heteroatoms. The summed E-state index contributed by atoms with van der Waals surface area (Å²) >= 11 is 0. The zero-order valence-electron chi connectivity index (χ0n) is 14.1. The highest BCUT2D eigenvalue weighted by atomic mass is 32.2. The number of sulfonamides is 1. The maximum atomic E-state index is 12.7. The molecule has 0 aliphatic heterocycles. The number of para-hydroxylation sites is 1. The molecule has 0 aliphatic carbocycles. The van der Waals surface area contributed by atoms with Crippen molar-refractivity contribution in [3.8, 4) is 0 Å². The van der Waals surface area contributed by atoms with Gasteiger partial charge in [-0.3, -0.25) is 9.52 Å². The summed E-state index contributed by atoms with van der Waals surface area (Å²) in [5.41, 5.74) is 2.56. The second-order valence-corrected chi connectivity index (χ2v) is 7.13. The first kappa shape index (κ1) is 18.0. The van der Waals surface area contributed by atoms with E-state index in [-0.39, 0.29) is 10.8 Å². The summed E-state index contributed by atoms with van der Waals surface area (Å²) in [5, 5.41) is 2.70. The van der Waals surface area contributed by atoms with Crippen molar-refractivity contribution in [1.29, 1.82) is 0 Å². The summed E-state index contributed by atoms with van der Waals surface area (Å²) in [4.78, 5) is 12.1. The van der Waals surface area contributed by atoms with E-state index in [2.05, 4.69) is 10.0 Å². The number of aryl methyl sites for hydroxylation is 2. The number of carbonyl (C=O) groups excluding carboxylic acids is 1. The summed E-state index contributed by atoms with van der Waals surface area (Å²) in [5.74, 6) is -0.277. The Hall–Kier alpha value is -2.34. The van der Waals surface area contributed by atoms with Gasteiger partial charge < -0.3 is 5.32 Å². The fourth-order valence-electron chi connectivity index (χ4n) is 2.40. The lowest BCUT2D eigenvalue weighted by molar-refractivity contribution is 0.0955. The van der Waals surface area contributed by atoms with Gasteiger partial charge >= 0.3 is 0 Å². The normalized spacial score (nSPS) is 11.1. The van der Waals surface area contributed by atoms with Gasteiger partial charge in [0, 0.05) is 12.1 Å². The molecule has 128 valence electrons. The van der Waals surface area contributed by atoms with E-state index in [4.69, 9.17) is 0 Å². The molecule has 0 unspecified atom stereocenters. The molecule has 0 saturated carbocycles. The van der Waals surface area contributed by atoms with Crippen molar-refractivity contribution in [2.24, 2.45) is 0 Å². The lowest BCUT2D eigenvalue weighted by atomic mass is 10.1. The SMILES string of the molecule is CCNC(=O)c1cc(S(=O)(=O)Nc2ccccc2CC)ccc1C. The summed E-state index contributed by atoms with van der Waals surface area (Å²) in [6.07, 6.45) is 0.719. The number of carbonyl (C=O) groups is 1. The van der Waals surface area contributed by atoms with E-state index in [0.29, 0.717) is 17.8 Å². The van der Waals surface area contributed by atoms with E-state index in [1.807, 2.05) is 26.0 Å². The summed E-state index contributed by atoms with van der Waals surface area (Å²) in [6, 6.07) is 11.8. The van der Waals surface area contributed by atoms with Crippen LogP contribution < -0.4 is 10.0 Å². The maximum Gasteiger partial charge on any atom is 0.261 e. The van der Waals surface area contributed by atoms with Gasteiger partial charge in [0.1, 0.15) is 0 Å². The molecule has 0 bridgehead atoms. The minimum atomic E-state index is -3.76. The van der Waals surface area contributed by atoms with E-state index in [1.54, 1.807) is 25.1 Å². The minimum Gasteiger partial charge on any atom is -0.352 e. The zero-order chi connectivity index (χ0) is 17.7. The average Bonchev–Trinajstić information content (AvgIpc) is 2.55. The van der Waals surface area contributed by atoms with Crippen LogP contribution in [0.15, 0.2) is 47.4 Å². The van der Waals surface area contributed by atoms with E-state index < -0.39 is 10.0 Å². The van der Waals surface area contributed by atoms with Gasteiger partial charge in [-0.05, 0) is 49.6 Å². The molecule has 24 heavy (non-hydrogen) atoms. The molecule has 0 spiro atoms. The van der Waals surface area contributed by atoms with E-state index >= 15 is 0 Å². The highest BCUT2D eigenvalue weighted by molar-refractivity contribution is 7.92. The highest BCUT2D eigenvalue weighted by Crippen LogP contribution is 2.22. The molecule has 2 N–H and O–H groups in total. The lowest BCUT2D eigenvalue weighted by Gasteiger charge is -2.13. The summed E-state index contributed by atoms with van der Waals surface area (Å²) in [6.45, 7) is 6.04. The van der Waals surface area contributed by atoms with Crippen LogP contribution in [-0.2, 0) is 16.4 Å². The quantitative estimate of drug-likeness (QED) is 0.844. The van der Waals surface area contributed by atoms with E-state index in [1.165, 1.54) is 12.1 Å². The van der Waals surface area contributed by atoms with Gasteiger partial charge in [-0.25, -0.2) is 8.42 Å². The Morgan fingerprint density at radius 3 is 2.46 bits per heavy atom. The van der Waals surface area contributed by atoms with Crippen molar-refractivity contribution in [3.05, 3.63) is 59.2 Å². The maximum absolute atomic E-state index is 12.7. The molecule has 2 aromatic carbocycles. The molecule has 0 saturated heterocycles. The lowest BCUT2D eigenvalue weighted by Crippen LogP contribution is -2.24. The molecule has 2 aromatic rings. The van der Waals surface area contributed by atoms with E-state index in [0.717, 1.165) is 17.5 Å². The molecule has 1 amide bonds. The summed E-state index contributed by atoms with van der Waals surface area (Å²) in [7, 11) is -3.76. The number of anilines is 1. The van der Waals surface area contributed by atoms with Gasteiger partial charge in [0.15, 0.2) is 0 Å². The first-order chi connectivity index (χ1) is 11.4. The molecule has 5 nitrogen and oxygen atoms in total. The molecule has 0 fully saturated rings. The van der Waals surface area contributed by atoms with Gasteiger partial charge in [-0.1, -0.05) is 31.2 Å². The van der Waals surface area contributed by atoms with Gasteiger partial charge in [-0.15, -0.1) is 0 Å². The average molecular weight is 346 g/mol. The fraction of sp³-hybridized carbons (Fsp3) is 0.278. The Labute approximate surface area is 143 Å². The monoisotopic (exact) mass is 346 g/mol. The van der Waals surface area contributed by atoms with Crippen LogP contribution in [0.2, 0.25) is 0 Å². The van der Waals surface area contributed by atoms with Gasteiger partial charge in [0.25, 0.3) is 15.9 Å². The van der Waals surface area contributed by atoms with Crippen LogP contribution in [0.5, 0.6) is 0 Å². The number of hydrogen-bond acceptors (Lipinski definition) is 3. The Bertz CT molecular complexity index is 845. The van der Waals surface area contributed by atoms with Crippen LogP contribution in [0, 0.1) is 6.92 Å². The van der Waals surface area contributed by atoms with Crippen LogP contribution in [0.25, 0.3) is 0 Å². The predicted octanol–water partition coefficient (Wildman–Crippen LogP) is 3.11. The number of nitrogens with one attached hydrogen (secondary N) is 2. The number of rotatable bonds is 6. The first-order valence-corrected chi connectivity index (χ1v) is 9.37. The second-order valence-electron chi connectivity index (χ2n) is 5.45. The predicted molar refractivity (Wildman–Crippen MR) is 95.8 cm³/mol. The summed E-state index contributed by atoms with van der Waals surface area (Å²) < 4.78 is 28.0. The highest BCUT2D eigenvalue weighted by Gasteiger charge is 2.18. The largest absolute Gasteiger partial charge is 0.352 e. The van der Waals surface area contributed by atoms with Gasteiger partial charge in [-0.2, -0.15) is 0 Å². The molecule has 0 radical (unpaired) electrons. The zero-order valence-corrected chi connectivity index (χ0v) is 14.9. The molecular weight excluding hydrogens is 324 g/mol. The topological polar surface area (TPSA) is 75.3 Å². The van der Waals surface area contributed by atoms with Crippen molar-refractivity contribution >= 4 is 21.6 Å². The molecule has 0 heterocycles. The Morgan fingerprint density at radius 2 is 1.79 bits per heavy atom. The molecule has 0 aromatic heterocycles. The van der Waals surface area contributed by atoms with Gasteiger partial charge in [0.05, 0.1) is 10.6 Å². The number of amides is 1. The van der Waals surface area contributed by atoms with Crippen LogP contribution in [0.1, 0.15) is 35.3 Å². The Balaban J connectivity index is 2.39. The third-order valence-electron chi connectivity index (χ3n) is 3.74.